The standard InChI is InChI=1S/C21H29N3O2/c1-21(2)11-7-15(8-12-21)19(25)23-13-9-16(10-14-23)24-18-6-4-3-5-17(18)22-20(24)26/h3-6,15-16H,7-14H2,1-2H3,(H,22,26). The summed E-state index contributed by atoms with van der Waals surface area (Å²) >= 11 is 0. The molecule has 0 spiro atoms. The van der Waals surface area contributed by atoms with Gasteiger partial charge >= 0.3 is 5.69 Å². The molecule has 1 saturated carbocycles. The zero-order chi connectivity index (χ0) is 18.3. The maximum Gasteiger partial charge on any atom is 0.326 e. The summed E-state index contributed by atoms with van der Waals surface area (Å²) in [7, 11) is 0. The highest BCUT2D eigenvalue weighted by atomic mass is 16.2. The van der Waals surface area contributed by atoms with Crippen LogP contribution in [0.25, 0.3) is 11.0 Å². The maximum absolute atomic E-state index is 12.9. The molecule has 0 radical (unpaired) electrons. The van der Waals surface area contributed by atoms with Gasteiger partial charge in [0.15, 0.2) is 0 Å². The number of amides is 1. The fourth-order valence-electron chi connectivity index (χ4n) is 4.69. The van der Waals surface area contributed by atoms with E-state index >= 15 is 0 Å². The number of para-hydroxylation sites is 2. The number of carbonyl (C=O) groups is 1. The molecular formula is C21H29N3O2. The topological polar surface area (TPSA) is 58.1 Å². The summed E-state index contributed by atoms with van der Waals surface area (Å²) < 4.78 is 1.89. The Bertz CT molecular complexity index is 846. The first kappa shape index (κ1) is 17.4. The highest BCUT2D eigenvalue weighted by Crippen LogP contribution is 2.39. The van der Waals surface area contributed by atoms with Crippen LogP contribution in [0.3, 0.4) is 0 Å². The summed E-state index contributed by atoms with van der Waals surface area (Å²) in [5.74, 6) is 0.542. The average molecular weight is 355 g/mol. The van der Waals surface area contributed by atoms with E-state index in [-0.39, 0.29) is 17.6 Å². The van der Waals surface area contributed by atoms with Gasteiger partial charge in [0.2, 0.25) is 5.91 Å². The smallest absolute Gasteiger partial charge is 0.326 e. The summed E-state index contributed by atoms with van der Waals surface area (Å²) in [6.07, 6.45) is 6.04. The van der Waals surface area contributed by atoms with Crippen molar-refractivity contribution in [3.8, 4) is 0 Å². The molecule has 2 aromatic rings. The second-order valence-corrected chi connectivity index (χ2v) is 8.81. The number of hydrogen-bond donors (Lipinski definition) is 1. The largest absolute Gasteiger partial charge is 0.342 e. The first-order valence-electron chi connectivity index (χ1n) is 9.93. The lowest BCUT2D eigenvalue weighted by Crippen LogP contribution is -2.44. The van der Waals surface area contributed by atoms with Crippen LogP contribution in [0.15, 0.2) is 29.1 Å². The zero-order valence-electron chi connectivity index (χ0n) is 15.8. The van der Waals surface area contributed by atoms with Crippen molar-refractivity contribution in [3.05, 3.63) is 34.7 Å². The molecule has 4 rings (SSSR count). The van der Waals surface area contributed by atoms with Crippen LogP contribution in [0.4, 0.5) is 0 Å². The Morgan fingerprint density at radius 2 is 1.73 bits per heavy atom. The third-order valence-electron chi connectivity index (χ3n) is 6.45. The minimum atomic E-state index is -0.0366. The fourth-order valence-corrected chi connectivity index (χ4v) is 4.69. The van der Waals surface area contributed by atoms with Gasteiger partial charge in [0.1, 0.15) is 0 Å². The number of fused-ring (bicyclic) bond motifs is 1. The summed E-state index contributed by atoms with van der Waals surface area (Å²) in [4.78, 5) is 30.3. The van der Waals surface area contributed by atoms with Crippen molar-refractivity contribution in [1.29, 1.82) is 0 Å². The zero-order valence-corrected chi connectivity index (χ0v) is 15.8. The van der Waals surface area contributed by atoms with Crippen LogP contribution >= 0.6 is 0 Å². The fraction of sp³-hybridized carbons (Fsp3) is 0.619. The van der Waals surface area contributed by atoms with Gasteiger partial charge in [-0.25, -0.2) is 4.79 Å². The van der Waals surface area contributed by atoms with Crippen molar-refractivity contribution in [2.45, 2.75) is 58.4 Å². The molecule has 0 unspecified atom stereocenters. The lowest BCUT2D eigenvalue weighted by atomic mass is 9.72. The summed E-state index contributed by atoms with van der Waals surface area (Å²) in [5, 5.41) is 0. The van der Waals surface area contributed by atoms with Gasteiger partial charge in [-0.05, 0) is 56.1 Å². The third kappa shape index (κ3) is 3.19. The van der Waals surface area contributed by atoms with Crippen LogP contribution in [0.1, 0.15) is 58.4 Å². The van der Waals surface area contributed by atoms with Crippen molar-refractivity contribution < 1.29 is 4.79 Å². The Kier molecular flexibility index (Phi) is 4.41. The molecule has 0 bridgehead atoms. The van der Waals surface area contributed by atoms with E-state index in [2.05, 4.69) is 18.8 Å². The SMILES string of the molecule is CC1(C)CCC(C(=O)N2CCC(n3c(=O)[nH]c4ccccc43)CC2)CC1. The summed E-state index contributed by atoms with van der Waals surface area (Å²) in [6, 6.07) is 8.02. The Hall–Kier alpha value is -2.04. The van der Waals surface area contributed by atoms with Gasteiger partial charge in [-0.2, -0.15) is 0 Å². The predicted molar refractivity (Wildman–Crippen MR) is 103 cm³/mol. The van der Waals surface area contributed by atoms with Crippen molar-refractivity contribution >= 4 is 16.9 Å². The molecule has 2 heterocycles. The van der Waals surface area contributed by atoms with E-state index in [9.17, 15) is 9.59 Å². The van der Waals surface area contributed by atoms with E-state index in [0.29, 0.717) is 11.3 Å². The average Bonchev–Trinajstić information content (AvgIpc) is 2.97. The highest BCUT2D eigenvalue weighted by Gasteiger charge is 2.34. The molecule has 1 aliphatic carbocycles. The summed E-state index contributed by atoms with van der Waals surface area (Å²) in [6.45, 7) is 6.13. The monoisotopic (exact) mass is 355 g/mol. The molecule has 5 heteroatoms. The van der Waals surface area contributed by atoms with Gasteiger partial charge in [-0.1, -0.05) is 26.0 Å². The minimum Gasteiger partial charge on any atom is -0.342 e. The van der Waals surface area contributed by atoms with E-state index in [1.54, 1.807) is 0 Å². The molecule has 2 fully saturated rings. The van der Waals surface area contributed by atoms with Gasteiger partial charge in [-0.3, -0.25) is 9.36 Å². The Morgan fingerprint density at radius 3 is 2.42 bits per heavy atom. The Balaban J connectivity index is 1.42. The number of likely N-dealkylation sites (tertiary alicyclic amines) is 1. The van der Waals surface area contributed by atoms with Gasteiger partial charge in [0, 0.05) is 25.0 Å². The maximum atomic E-state index is 12.9. The molecule has 140 valence electrons. The van der Waals surface area contributed by atoms with E-state index in [4.69, 9.17) is 0 Å². The van der Waals surface area contributed by atoms with Crippen LogP contribution in [-0.4, -0.2) is 33.4 Å². The molecule has 0 atom stereocenters. The lowest BCUT2D eigenvalue weighted by Gasteiger charge is -2.38. The van der Waals surface area contributed by atoms with Crippen molar-refractivity contribution in [2.75, 3.05) is 13.1 Å². The molecular weight excluding hydrogens is 326 g/mol. The Labute approximate surface area is 154 Å². The number of carbonyl (C=O) groups excluding carboxylic acids is 1. The van der Waals surface area contributed by atoms with Gasteiger partial charge in [0.05, 0.1) is 11.0 Å². The molecule has 26 heavy (non-hydrogen) atoms. The van der Waals surface area contributed by atoms with E-state index in [0.717, 1.165) is 62.6 Å². The number of aromatic amines is 1. The second-order valence-electron chi connectivity index (χ2n) is 8.81. The van der Waals surface area contributed by atoms with Crippen molar-refractivity contribution in [1.82, 2.24) is 14.5 Å². The number of aromatic nitrogens is 2. The molecule has 1 aliphatic heterocycles. The second kappa shape index (κ2) is 6.60. The number of benzene rings is 1. The number of hydrogen-bond acceptors (Lipinski definition) is 2. The quantitative estimate of drug-likeness (QED) is 0.893. The van der Waals surface area contributed by atoms with Crippen LogP contribution in [0, 0.1) is 11.3 Å². The Morgan fingerprint density at radius 1 is 1.08 bits per heavy atom. The molecule has 2 aliphatic rings. The number of piperidine rings is 1. The third-order valence-corrected chi connectivity index (χ3v) is 6.45. The molecule has 1 amide bonds. The normalized spacial score (nSPS) is 22.0. The summed E-state index contributed by atoms with van der Waals surface area (Å²) in [5.41, 5.74) is 2.21. The van der Waals surface area contributed by atoms with E-state index < -0.39 is 0 Å². The highest BCUT2D eigenvalue weighted by molar-refractivity contribution is 5.79. The molecule has 1 N–H and O–H groups in total. The molecule has 1 aromatic carbocycles. The van der Waals surface area contributed by atoms with Crippen molar-refractivity contribution in [3.63, 3.8) is 0 Å². The van der Waals surface area contributed by atoms with Gasteiger partial charge in [0.25, 0.3) is 0 Å². The van der Waals surface area contributed by atoms with Gasteiger partial charge in [-0.15, -0.1) is 0 Å². The van der Waals surface area contributed by atoms with Gasteiger partial charge < -0.3 is 9.88 Å². The molecule has 1 aromatic heterocycles. The van der Waals surface area contributed by atoms with Crippen LogP contribution in [-0.2, 0) is 4.79 Å². The minimum absolute atomic E-state index is 0.0366. The van der Waals surface area contributed by atoms with E-state index in [1.165, 1.54) is 0 Å². The van der Waals surface area contributed by atoms with Crippen LogP contribution < -0.4 is 5.69 Å². The van der Waals surface area contributed by atoms with Crippen molar-refractivity contribution in [2.24, 2.45) is 11.3 Å². The molecule has 5 nitrogen and oxygen atoms in total. The van der Waals surface area contributed by atoms with Crippen LogP contribution in [0.2, 0.25) is 0 Å². The number of H-pyrrole nitrogens is 1. The van der Waals surface area contributed by atoms with E-state index in [1.807, 2.05) is 33.7 Å². The molecule has 1 saturated heterocycles. The number of nitrogens with zero attached hydrogens (tertiary/aromatic N) is 2. The predicted octanol–water partition coefficient (Wildman–Crippen LogP) is 3.71. The first-order chi connectivity index (χ1) is 12.4. The number of imidazole rings is 1. The lowest BCUT2D eigenvalue weighted by molar-refractivity contribution is -0.138. The number of rotatable bonds is 2. The first-order valence-corrected chi connectivity index (χ1v) is 9.93. The van der Waals surface area contributed by atoms with Crippen LogP contribution in [0.5, 0.6) is 0 Å². The number of nitrogens with one attached hydrogen (secondary N) is 1.